The third-order valence-electron chi connectivity index (χ3n) is 5.24. The van der Waals surface area contributed by atoms with Gasteiger partial charge < -0.3 is 9.64 Å². The van der Waals surface area contributed by atoms with Gasteiger partial charge >= 0.3 is 5.97 Å². The van der Waals surface area contributed by atoms with Crippen molar-refractivity contribution in [1.29, 1.82) is 0 Å². The molecule has 23 heavy (non-hydrogen) atoms. The van der Waals surface area contributed by atoms with Crippen LogP contribution in [0.25, 0.3) is 0 Å². The number of hydrogen-bond acceptors (Lipinski definition) is 4. The van der Waals surface area contributed by atoms with E-state index in [-0.39, 0.29) is 29.5 Å². The Morgan fingerprint density at radius 1 is 1.39 bits per heavy atom. The third kappa shape index (κ3) is 2.40. The molecule has 0 aliphatic carbocycles. The molecule has 2 saturated heterocycles. The minimum absolute atomic E-state index is 0.0140. The van der Waals surface area contributed by atoms with Gasteiger partial charge in [0.25, 0.3) is 5.91 Å². The second-order valence-electron chi connectivity index (χ2n) is 6.29. The molecular weight excluding hydrogens is 299 g/mol. The Balaban J connectivity index is 1.90. The molecule has 1 amide bonds. The van der Waals surface area contributed by atoms with Crippen LogP contribution in [0.1, 0.15) is 49.9 Å². The van der Waals surface area contributed by atoms with Crippen molar-refractivity contribution in [3.8, 4) is 0 Å². The number of pyridine rings is 1. The molecule has 0 aromatic carbocycles. The van der Waals surface area contributed by atoms with E-state index in [0.717, 1.165) is 19.0 Å². The van der Waals surface area contributed by atoms with Gasteiger partial charge in [-0.15, -0.1) is 0 Å². The number of rotatable bonds is 4. The molecule has 3 atom stereocenters. The van der Waals surface area contributed by atoms with Gasteiger partial charge in [-0.1, -0.05) is 6.92 Å². The fourth-order valence-corrected chi connectivity index (χ4v) is 4.19. The Labute approximate surface area is 134 Å². The topological polar surface area (TPSA) is 59.5 Å². The maximum atomic E-state index is 13.4. The molecule has 0 radical (unpaired) electrons. The van der Waals surface area contributed by atoms with Crippen molar-refractivity contribution in [2.75, 3.05) is 6.61 Å². The lowest BCUT2D eigenvalue weighted by atomic mass is 9.72. The molecule has 6 heteroatoms. The van der Waals surface area contributed by atoms with Crippen LogP contribution in [0, 0.1) is 11.2 Å². The van der Waals surface area contributed by atoms with Gasteiger partial charge in [0, 0.05) is 18.3 Å². The molecule has 2 aliphatic rings. The number of esters is 1. The van der Waals surface area contributed by atoms with Gasteiger partial charge in [0.05, 0.1) is 23.8 Å². The Hall–Kier alpha value is -1.98. The molecule has 3 heterocycles. The number of fused-ring (bicyclic) bond motifs is 2. The highest BCUT2D eigenvalue weighted by Gasteiger charge is 2.61. The molecular formula is C17H21FN2O3. The summed E-state index contributed by atoms with van der Waals surface area (Å²) in [5.74, 6) is -0.997. The number of nitrogens with zero attached hydrogens (tertiary/aromatic N) is 2. The van der Waals surface area contributed by atoms with Gasteiger partial charge in [0.1, 0.15) is 5.82 Å². The standard InChI is InChI=1S/C17H21FN2O3/c1-3-17(16(22)23-4-2)8-13-5-6-14(17)20(13)15(21)11-7-12(18)10-19-9-11/h7,9-10,13-14H,3-6,8H2,1-2H3/t13-,14+,17+/m1/s1. The van der Waals surface area contributed by atoms with E-state index < -0.39 is 11.2 Å². The highest BCUT2D eigenvalue weighted by molar-refractivity contribution is 5.96. The van der Waals surface area contributed by atoms with E-state index in [4.69, 9.17) is 4.74 Å². The van der Waals surface area contributed by atoms with Crippen molar-refractivity contribution >= 4 is 11.9 Å². The van der Waals surface area contributed by atoms with Gasteiger partial charge in [-0.05, 0) is 38.7 Å². The van der Waals surface area contributed by atoms with Crippen LogP contribution in [0.4, 0.5) is 4.39 Å². The fourth-order valence-electron chi connectivity index (χ4n) is 4.19. The van der Waals surface area contributed by atoms with E-state index in [0.29, 0.717) is 19.4 Å². The summed E-state index contributed by atoms with van der Waals surface area (Å²) in [6.07, 6.45) is 5.37. The van der Waals surface area contributed by atoms with Crippen molar-refractivity contribution in [1.82, 2.24) is 9.88 Å². The first kappa shape index (κ1) is 15.9. The van der Waals surface area contributed by atoms with Crippen molar-refractivity contribution in [3.05, 3.63) is 29.8 Å². The van der Waals surface area contributed by atoms with Crippen molar-refractivity contribution in [2.24, 2.45) is 5.41 Å². The average molecular weight is 320 g/mol. The summed E-state index contributed by atoms with van der Waals surface area (Å²) in [6, 6.07) is 1.04. The maximum absolute atomic E-state index is 13.4. The highest BCUT2D eigenvalue weighted by atomic mass is 19.1. The molecule has 124 valence electrons. The molecule has 5 nitrogen and oxygen atoms in total. The molecule has 0 saturated carbocycles. The van der Waals surface area contributed by atoms with Crippen LogP contribution in [-0.4, -0.2) is 40.5 Å². The fraction of sp³-hybridized carbons (Fsp3) is 0.588. The van der Waals surface area contributed by atoms with Gasteiger partial charge in [-0.25, -0.2) is 4.39 Å². The quantitative estimate of drug-likeness (QED) is 0.800. The first-order valence-electron chi connectivity index (χ1n) is 8.14. The molecule has 3 rings (SSSR count). The van der Waals surface area contributed by atoms with Gasteiger partial charge in [-0.3, -0.25) is 14.6 Å². The molecule has 0 N–H and O–H groups in total. The number of carbonyl (C=O) groups excluding carboxylic acids is 2. The summed E-state index contributed by atoms with van der Waals surface area (Å²) in [4.78, 5) is 30.8. The number of halogens is 1. The van der Waals surface area contributed by atoms with Crippen molar-refractivity contribution < 1.29 is 18.7 Å². The molecule has 2 bridgehead atoms. The highest BCUT2D eigenvalue weighted by Crippen LogP contribution is 2.52. The van der Waals surface area contributed by atoms with E-state index in [2.05, 4.69) is 4.98 Å². The Morgan fingerprint density at radius 2 is 2.17 bits per heavy atom. The maximum Gasteiger partial charge on any atom is 0.314 e. The lowest BCUT2D eigenvalue weighted by Gasteiger charge is -2.34. The molecule has 1 aromatic heterocycles. The summed E-state index contributed by atoms with van der Waals surface area (Å²) in [6.45, 7) is 4.08. The third-order valence-corrected chi connectivity index (χ3v) is 5.24. The second-order valence-corrected chi connectivity index (χ2v) is 6.29. The smallest absolute Gasteiger partial charge is 0.314 e. The molecule has 2 aliphatic heterocycles. The van der Waals surface area contributed by atoms with Crippen LogP contribution in [0.15, 0.2) is 18.5 Å². The number of aromatic nitrogens is 1. The number of hydrogen-bond donors (Lipinski definition) is 0. The largest absolute Gasteiger partial charge is 0.466 e. The summed E-state index contributed by atoms with van der Waals surface area (Å²) in [5, 5.41) is 0. The van der Waals surface area contributed by atoms with Crippen LogP contribution in [0.5, 0.6) is 0 Å². The molecule has 0 unspecified atom stereocenters. The Bertz CT molecular complexity index is 636. The normalized spacial score (nSPS) is 28.9. The summed E-state index contributed by atoms with van der Waals surface area (Å²) in [5.41, 5.74) is -0.396. The Kier molecular flexibility index (Phi) is 4.08. The van der Waals surface area contributed by atoms with E-state index in [9.17, 15) is 14.0 Å². The van der Waals surface area contributed by atoms with Gasteiger partial charge in [-0.2, -0.15) is 0 Å². The minimum atomic E-state index is -0.630. The monoisotopic (exact) mass is 320 g/mol. The van der Waals surface area contributed by atoms with Crippen LogP contribution in [0.3, 0.4) is 0 Å². The van der Waals surface area contributed by atoms with Gasteiger partial charge in [0.15, 0.2) is 0 Å². The number of ether oxygens (including phenoxy) is 1. The first-order valence-corrected chi connectivity index (χ1v) is 8.14. The van der Waals surface area contributed by atoms with Crippen LogP contribution < -0.4 is 0 Å². The summed E-state index contributed by atoms with van der Waals surface area (Å²) in [7, 11) is 0. The zero-order valence-corrected chi connectivity index (χ0v) is 13.4. The summed E-state index contributed by atoms with van der Waals surface area (Å²) >= 11 is 0. The zero-order chi connectivity index (χ0) is 16.6. The van der Waals surface area contributed by atoms with E-state index in [1.165, 1.54) is 12.3 Å². The Morgan fingerprint density at radius 3 is 2.83 bits per heavy atom. The number of amides is 1. The number of carbonyl (C=O) groups is 2. The van der Waals surface area contributed by atoms with Crippen molar-refractivity contribution in [2.45, 2.75) is 51.6 Å². The molecule has 0 spiro atoms. The SMILES string of the molecule is CCOC(=O)[C@@]1(CC)C[C@H]2CC[C@@H]1N2C(=O)c1cncc(F)c1. The zero-order valence-electron chi connectivity index (χ0n) is 13.4. The summed E-state index contributed by atoms with van der Waals surface area (Å²) < 4.78 is 18.6. The lowest BCUT2D eigenvalue weighted by molar-refractivity contribution is -0.157. The van der Waals surface area contributed by atoms with Crippen LogP contribution in [0.2, 0.25) is 0 Å². The second kappa shape index (κ2) is 5.91. The predicted octanol–water partition coefficient (Wildman–Crippen LogP) is 2.56. The predicted molar refractivity (Wildman–Crippen MR) is 81.1 cm³/mol. The lowest BCUT2D eigenvalue weighted by Crippen LogP contribution is -2.45. The van der Waals surface area contributed by atoms with E-state index >= 15 is 0 Å². The van der Waals surface area contributed by atoms with E-state index in [1.807, 2.05) is 6.92 Å². The van der Waals surface area contributed by atoms with Crippen LogP contribution >= 0.6 is 0 Å². The molecule has 2 fully saturated rings. The van der Waals surface area contributed by atoms with Crippen molar-refractivity contribution in [3.63, 3.8) is 0 Å². The molecule has 1 aromatic rings. The average Bonchev–Trinajstić information content (AvgIpc) is 3.10. The minimum Gasteiger partial charge on any atom is -0.466 e. The van der Waals surface area contributed by atoms with Crippen LogP contribution in [-0.2, 0) is 9.53 Å². The van der Waals surface area contributed by atoms with E-state index in [1.54, 1.807) is 11.8 Å². The van der Waals surface area contributed by atoms with Gasteiger partial charge in [0.2, 0.25) is 0 Å². The first-order chi connectivity index (χ1) is 11.0.